The summed E-state index contributed by atoms with van der Waals surface area (Å²) in [6.07, 6.45) is 3.25. The second-order valence-corrected chi connectivity index (χ2v) is 6.76. The normalized spacial score (nSPS) is 11.8. The van der Waals surface area contributed by atoms with Gasteiger partial charge in [-0.05, 0) is 24.6 Å². The molecule has 0 aliphatic heterocycles. The van der Waals surface area contributed by atoms with Crippen LogP contribution in [0.2, 0.25) is 0 Å². The van der Waals surface area contributed by atoms with Crippen molar-refractivity contribution in [2.45, 2.75) is 19.5 Å². The molecule has 4 rings (SSSR count). The number of fused-ring (bicyclic) bond motifs is 1. The van der Waals surface area contributed by atoms with E-state index in [4.69, 9.17) is 0 Å². The van der Waals surface area contributed by atoms with Crippen LogP contribution in [-0.2, 0) is 11.3 Å². The van der Waals surface area contributed by atoms with Gasteiger partial charge in [-0.25, -0.2) is 4.68 Å². The van der Waals surface area contributed by atoms with E-state index in [2.05, 4.69) is 21.0 Å². The minimum atomic E-state index is -0.772. The lowest BCUT2D eigenvalue weighted by Gasteiger charge is -2.18. The summed E-state index contributed by atoms with van der Waals surface area (Å²) in [6.45, 7) is 2.08. The number of carbonyl (C=O) groups excluding carboxylic acids is 2. The van der Waals surface area contributed by atoms with Crippen LogP contribution in [0.1, 0.15) is 29.0 Å². The van der Waals surface area contributed by atoms with Crippen molar-refractivity contribution in [2.24, 2.45) is 0 Å². The smallest absolute Gasteiger partial charge is 0.270 e. The number of hydrogen-bond donors (Lipinski definition) is 2. The first kappa shape index (κ1) is 20.0. The van der Waals surface area contributed by atoms with Gasteiger partial charge in [-0.2, -0.15) is 10.2 Å². The first-order chi connectivity index (χ1) is 15.1. The molecule has 0 saturated carbocycles. The molecule has 0 fully saturated rings. The average Bonchev–Trinajstić information content (AvgIpc) is 3.33. The van der Waals surface area contributed by atoms with E-state index in [1.54, 1.807) is 61.8 Å². The van der Waals surface area contributed by atoms with E-state index >= 15 is 0 Å². The number of aryl methyl sites for hydroxylation is 1. The summed E-state index contributed by atoms with van der Waals surface area (Å²) in [5, 5.41) is 9.13. The van der Waals surface area contributed by atoms with E-state index in [0.29, 0.717) is 22.9 Å². The molecule has 0 radical (unpaired) electrons. The van der Waals surface area contributed by atoms with Crippen molar-refractivity contribution < 1.29 is 9.59 Å². The molecule has 4 aromatic rings. The van der Waals surface area contributed by atoms with Crippen molar-refractivity contribution in [2.75, 3.05) is 0 Å². The number of rotatable bonds is 5. The molecule has 9 nitrogen and oxygen atoms in total. The topological polar surface area (TPSA) is 111 Å². The van der Waals surface area contributed by atoms with E-state index in [1.165, 1.54) is 9.36 Å². The molecule has 1 unspecified atom stereocenters. The van der Waals surface area contributed by atoms with Crippen molar-refractivity contribution in [3.05, 3.63) is 94.7 Å². The summed E-state index contributed by atoms with van der Waals surface area (Å²) >= 11 is 0. The van der Waals surface area contributed by atoms with Crippen LogP contribution in [0, 0.1) is 0 Å². The Labute approximate surface area is 177 Å². The van der Waals surface area contributed by atoms with E-state index < -0.39 is 17.9 Å². The van der Waals surface area contributed by atoms with Crippen LogP contribution in [0.4, 0.5) is 0 Å². The van der Waals surface area contributed by atoms with Gasteiger partial charge in [-0.15, -0.1) is 0 Å². The number of amides is 2. The average molecular weight is 416 g/mol. The highest BCUT2D eigenvalue weighted by molar-refractivity contribution is 6.05. The van der Waals surface area contributed by atoms with Crippen LogP contribution >= 0.6 is 0 Å². The number of aromatic nitrogens is 4. The summed E-state index contributed by atoms with van der Waals surface area (Å²) in [6, 6.07) is 16.8. The number of hydrazine groups is 1. The second-order valence-electron chi connectivity index (χ2n) is 6.76. The Morgan fingerprint density at radius 2 is 1.68 bits per heavy atom. The summed E-state index contributed by atoms with van der Waals surface area (Å²) in [4.78, 5) is 38.3. The van der Waals surface area contributed by atoms with Gasteiger partial charge in [0.2, 0.25) is 0 Å². The van der Waals surface area contributed by atoms with Gasteiger partial charge in [0.25, 0.3) is 17.4 Å². The number of benzene rings is 2. The monoisotopic (exact) mass is 416 g/mol. The predicted octanol–water partition coefficient (Wildman–Crippen LogP) is 1.66. The maximum absolute atomic E-state index is 13.0. The van der Waals surface area contributed by atoms with Crippen LogP contribution in [0.5, 0.6) is 0 Å². The van der Waals surface area contributed by atoms with Crippen LogP contribution in [-0.4, -0.2) is 31.4 Å². The summed E-state index contributed by atoms with van der Waals surface area (Å²) < 4.78 is 2.72. The van der Waals surface area contributed by atoms with Gasteiger partial charge >= 0.3 is 0 Å². The van der Waals surface area contributed by atoms with Gasteiger partial charge < -0.3 is 0 Å². The lowest BCUT2D eigenvalue weighted by molar-refractivity contribution is -0.124. The Hall–Kier alpha value is -4.27. The second kappa shape index (κ2) is 8.62. The lowest BCUT2D eigenvalue weighted by atomic mass is 10.1. The van der Waals surface area contributed by atoms with Gasteiger partial charge in [0.15, 0.2) is 11.7 Å². The van der Waals surface area contributed by atoms with E-state index in [9.17, 15) is 14.4 Å². The Bertz CT molecular complexity index is 1280. The highest BCUT2D eigenvalue weighted by atomic mass is 16.2. The Morgan fingerprint density at radius 3 is 2.35 bits per heavy atom. The fraction of sp³-hybridized carbons (Fsp3) is 0.136. The van der Waals surface area contributed by atoms with Crippen LogP contribution in [0.3, 0.4) is 0 Å². The highest BCUT2D eigenvalue weighted by Gasteiger charge is 2.24. The summed E-state index contributed by atoms with van der Waals surface area (Å²) in [5.41, 5.74) is 5.36. The molecule has 2 heterocycles. The number of carbonyl (C=O) groups is 2. The van der Waals surface area contributed by atoms with Crippen molar-refractivity contribution in [3.63, 3.8) is 0 Å². The van der Waals surface area contributed by atoms with E-state index in [0.717, 1.165) is 0 Å². The molecule has 0 saturated heterocycles. The van der Waals surface area contributed by atoms with Crippen molar-refractivity contribution >= 4 is 22.6 Å². The van der Waals surface area contributed by atoms with Gasteiger partial charge in [-0.1, -0.05) is 48.5 Å². The quantitative estimate of drug-likeness (QED) is 0.481. The Kier molecular flexibility index (Phi) is 5.57. The molecule has 1 atom stereocenters. The molecule has 0 bridgehead atoms. The van der Waals surface area contributed by atoms with Gasteiger partial charge in [-0.3, -0.25) is 29.9 Å². The molecule has 2 amide bonds. The maximum Gasteiger partial charge on any atom is 0.290 e. The van der Waals surface area contributed by atoms with Crippen LogP contribution < -0.4 is 16.4 Å². The van der Waals surface area contributed by atoms with Crippen molar-refractivity contribution in [1.29, 1.82) is 0 Å². The molecule has 2 N–H and O–H groups in total. The van der Waals surface area contributed by atoms with E-state index in [-0.39, 0.29) is 11.3 Å². The molecule has 156 valence electrons. The Balaban J connectivity index is 1.60. The van der Waals surface area contributed by atoms with E-state index in [1.807, 2.05) is 18.2 Å². The van der Waals surface area contributed by atoms with Crippen molar-refractivity contribution in [3.8, 4) is 0 Å². The summed E-state index contributed by atoms with van der Waals surface area (Å²) in [7, 11) is 0. The first-order valence-electron chi connectivity index (χ1n) is 9.74. The molecule has 2 aromatic heterocycles. The number of hydrogen-bond acceptors (Lipinski definition) is 5. The zero-order chi connectivity index (χ0) is 21.8. The van der Waals surface area contributed by atoms with Gasteiger partial charge in [0.05, 0.1) is 5.39 Å². The fourth-order valence-corrected chi connectivity index (χ4v) is 3.36. The largest absolute Gasteiger partial charge is 0.290 e. The molecule has 0 spiro atoms. The molecule has 31 heavy (non-hydrogen) atoms. The fourth-order valence-electron chi connectivity index (χ4n) is 3.36. The van der Waals surface area contributed by atoms with Gasteiger partial charge in [0, 0.05) is 24.3 Å². The SMILES string of the molecule is CCn1nc(C(=O)NNC(=O)C(c2ccccc2)n2cccn2)c2ccccc2c1=O. The zero-order valence-corrected chi connectivity index (χ0v) is 16.7. The first-order valence-corrected chi connectivity index (χ1v) is 9.74. The Morgan fingerprint density at radius 1 is 0.968 bits per heavy atom. The molecule has 9 heteroatoms. The molecule has 0 aliphatic carbocycles. The third-order valence-electron chi connectivity index (χ3n) is 4.83. The highest BCUT2D eigenvalue weighted by Crippen LogP contribution is 2.17. The lowest BCUT2D eigenvalue weighted by Crippen LogP contribution is -2.46. The standard InChI is InChI=1S/C22H20N6O3/c1-2-27-22(31)17-12-7-6-11-16(17)18(26-27)20(29)24-25-21(30)19(28-14-8-13-23-28)15-9-4-3-5-10-15/h3-14,19H,2H2,1H3,(H,24,29)(H,25,30). The molecule has 2 aromatic carbocycles. The number of nitrogens with zero attached hydrogens (tertiary/aromatic N) is 4. The number of nitrogens with one attached hydrogen (secondary N) is 2. The molecule has 0 aliphatic rings. The van der Waals surface area contributed by atoms with Crippen molar-refractivity contribution in [1.82, 2.24) is 30.4 Å². The third-order valence-corrected chi connectivity index (χ3v) is 4.83. The minimum absolute atomic E-state index is 0.0488. The predicted molar refractivity (Wildman–Crippen MR) is 114 cm³/mol. The van der Waals surface area contributed by atoms with Crippen LogP contribution in [0.15, 0.2) is 77.9 Å². The van der Waals surface area contributed by atoms with Gasteiger partial charge in [0.1, 0.15) is 0 Å². The maximum atomic E-state index is 13.0. The molecular formula is C22H20N6O3. The summed E-state index contributed by atoms with van der Waals surface area (Å²) in [5.74, 6) is -1.10. The molecular weight excluding hydrogens is 396 g/mol. The zero-order valence-electron chi connectivity index (χ0n) is 16.7. The minimum Gasteiger partial charge on any atom is -0.270 e. The third kappa shape index (κ3) is 3.93. The van der Waals surface area contributed by atoms with Crippen LogP contribution in [0.25, 0.3) is 10.8 Å².